The van der Waals surface area contributed by atoms with Gasteiger partial charge in [0.1, 0.15) is 0 Å². The van der Waals surface area contributed by atoms with Crippen molar-refractivity contribution < 1.29 is 14.3 Å². The minimum atomic E-state index is -2.08. The molecule has 0 aliphatic heterocycles. The Bertz CT molecular complexity index is 156. The Morgan fingerprint density at radius 1 is 1.08 bits per heavy atom. The molecule has 0 radical (unpaired) electrons. The summed E-state index contributed by atoms with van der Waals surface area (Å²) in [7, 11) is 0. The van der Waals surface area contributed by atoms with E-state index in [2.05, 4.69) is 9.47 Å². The zero-order valence-corrected chi connectivity index (χ0v) is 13.7. The molecule has 0 saturated carbocycles. The van der Waals surface area contributed by atoms with Gasteiger partial charge >= 0.3 is 10.1 Å². The van der Waals surface area contributed by atoms with Crippen LogP contribution in [0.25, 0.3) is 0 Å². The van der Waals surface area contributed by atoms with Crippen LogP contribution in [-0.2, 0) is 9.47 Å². The molecule has 0 aromatic heterocycles. The Morgan fingerprint density at radius 2 is 1.50 bits per heavy atom. The van der Waals surface area contributed by atoms with Crippen molar-refractivity contribution in [3.8, 4) is 0 Å². The van der Waals surface area contributed by atoms with Crippen LogP contribution in [0.5, 0.6) is 0 Å². The van der Waals surface area contributed by atoms with Crippen LogP contribution >= 0.6 is 103 Å². The van der Waals surface area contributed by atoms with E-state index >= 15 is 0 Å². The lowest BCUT2D eigenvalue weighted by Crippen LogP contribution is -2.21. The molecule has 3 nitrogen and oxygen atoms in total. The van der Waals surface area contributed by atoms with Gasteiger partial charge in [-0.15, -0.1) is 0 Å². The van der Waals surface area contributed by atoms with Gasteiger partial charge in [-0.05, 0) is 103 Å². The Balaban J connectivity index is 3.92. The molecule has 0 aliphatic rings. The number of hydrogen-bond donors (Lipinski definition) is 0. The van der Waals surface area contributed by atoms with E-state index in [1.165, 1.54) is 0 Å². The summed E-state index contributed by atoms with van der Waals surface area (Å²) in [5, 5.41) is 0. The Hall–Kier alpha value is 2.33. The number of rotatable bonds is 1. The number of carbonyl (C=O) groups excluding carboxylic acids is 1. The van der Waals surface area contributed by atoms with Gasteiger partial charge in [0, 0.05) is 0 Å². The van der Waals surface area contributed by atoms with Crippen molar-refractivity contribution in [2.75, 3.05) is 0 Å². The Kier molecular flexibility index (Phi) is 6.48. The van der Waals surface area contributed by atoms with Gasteiger partial charge in [0.25, 0.3) is -0.379 Å². The molecule has 0 bridgehead atoms. The van der Waals surface area contributed by atoms with Crippen molar-refractivity contribution in [1.29, 1.82) is 0 Å². The van der Waals surface area contributed by atoms with Gasteiger partial charge in [0.05, 0.1) is 0 Å². The summed E-state index contributed by atoms with van der Waals surface area (Å²) in [5.41, 5.74) is 0. The average Bonchev–Trinajstić information content (AvgIpc) is 1.49. The zero-order chi connectivity index (χ0) is 9.99. The predicted octanol–water partition coefficient (Wildman–Crippen LogP) is 4.38. The fraction of sp³-hybridized carbons (Fsp3) is 0.667. The molecule has 0 saturated heterocycles. The van der Waals surface area contributed by atoms with Crippen LogP contribution in [0.1, 0.15) is 0 Å². The second-order valence-electron chi connectivity index (χ2n) is 1.35. The van der Waals surface area contributed by atoms with Gasteiger partial charge in [-0.25, -0.2) is 4.79 Å². The fourth-order valence-electron chi connectivity index (χ4n) is 0.210. The van der Waals surface area contributed by atoms with E-state index in [1.807, 2.05) is 67.8 Å². The van der Waals surface area contributed by atoms with Crippen molar-refractivity contribution in [1.82, 2.24) is 0 Å². The van der Waals surface area contributed by atoms with Gasteiger partial charge in [0.15, 0.2) is 0 Å². The quantitative estimate of drug-likeness (QED) is 0.267. The van der Waals surface area contributed by atoms with Crippen LogP contribution in [-0.4, -0.2) is 9.76 Å². The van der Waals surface area contributed by atoms with Gasteiger partial charge in [-0.1, -0.05) is 0 Å². The molecule has 12 heavy (non-hydrogen) atoms. The Labute approximate surface area is 125 Å². The molecular weight excluding hydrogens is 571 g/mol. The highest BCUT2D eigenvalue weighted by Crippen LogP contribution is 2.38. The van der Waals surface area contributed by atoms with E-state index in [1.54, 1.807) is 0 Å². The van der Waals surface area contributed by atoms with Crippen LogP contribution in [0.4, 0.5) is 4.79 Å². The zero-order valence-electron chi connectivity index (χ0n) is 4.99. The summed E-state index contributed by atoms with van der Waals surface area (Å²) in [6, 6.07) is 0. The summed E-state index contributed by atoms with van der Waals surface area (Å²) in [6.07, 6.45) is -1.03. The van der Waals surface area contributed by atoms with Crippen LogP contribution in [0.3, 0.4) is 0 Å². The largest absolute Gasteiger partial charge is 0.514 e. The number of carbonyl (C=O) groups is 1. The topological polar surface area (TPSA) is 35.5 Å². The summed E-state index contributed by atoms with van der Waals surface area (Å²) in [5.74, 6) is 0. The van der Waals surface area contributed by atoms with Crippen LogP contribution < -0.4 is 0 Å². The molecule has 72 valence electrons. The molecule has 9 heteroatoms. The van der Waals surface area contributed by atoms with E-state index in [0.29, 0.717) is 0 Å². The predicted molar refractivity (Wildman–Crippen MR) is 72.6 cm³/mol. The van der Waals surface area contributed by atoms with E-state index in [9.17, 15) is 4.79 Å². The maximum absolute atomic E-state index is 10.8. The molecule has 0 spiro atoms. The molecule has 0 fully saturated rings. The number of alkyl halides is 6. The Morgan fingerprint density at radius 3 is 1.75 bits per heavy atom. The summed E-state index contributed by atoms with van der Waals surface area (Å²) in [4.78, 5) is 10.8. The van der Waals surface area contributed by atoms with Gasteiger partial charge in [-0.2, -0.15) is 0 Å². The lowest BCUT2D eigenvalue weighted by Gasteiger charge is -2.16. The first kappa shape index (κ1) is 14.3. The lowest BCUT2D eigenvalue weighted by atomic mass is 11.3. The molecule has 0 N–H and O–H groups in total. The lowest BCUT2D eigenvalue weighted by molar-refractivity contribution is 0.0634. The molecule has 0 unspecified atom stereocenters. The van der Waals surface area contributed by atoms with Crippen molar-refractivity contribution >= 4 is 109 Å². The molecule has 0 aromatic rings. The smallest absolute Gasteiger partial charge is 0.398 e. The molecule has 0 amide bonds. The van der Waals surface area contributed by atoms with Gasteiger partial charge in [-0.3, -0.25) is 0 Å². The highest BCUT2D eigenvalue weighted by molar-refractivity contribution is 14.3. The SMILES string of the molecule is O=C(OC(Cl)(Cl)Cl)OC(I)(I)I. The average molecular weight is 571 g/mol. The number of ether oxygens (including phenoxy) is 2. The molecule has 0 aromatic carbocycles. The fourth-order valence-corrected chi connectivity index (χ4v) is 0.938. The summed E-state index contributed by atoms with van der Waals surface area (Å²) >= 11 is 21.1. The minimum Gasteiger partial charge on any atom is -0.398 e. The van der Waals surface area contributed by atoms with Gasteiger partial charge in [0.2, 0.25) is 0 Å². The van der Waals surface area contributed by atoms with E-state index in [-0.39, 0.29) is 0 Å². The summed E-state index contributed by atoms with van der Waals surface area (Å²) < 4.78 is 6.07. The summed E-state index contributed by atoms with van der Waals surface area (Å²) in [6.45, 7) is 0. The molecule has 0 aliphatic carbocycles. The first-order chi connectivity index (χ1) is 5.10. The third-order valence-electron chi connectivity index (χ3n) is 0.398. The first-order valence-corrected chi connectivity index (χ1v) is 6.52. The van der Waals surface area contributed by atoms with E-state index < -0.39 is 9.76 Å². The molecule has 0 atom stereocenters. The second kappa shape index (κ2) is 5.42. The van der Waals surface area contributed by atoms with E-state index in [0.717, 1.165) is 0 Å². The normalized spacial score (nSPS) is 12.5. The molecule has 0 rings (SSSR count). The number of hydrogen-bond acceptors (Lipinski definition) is 3. The highest BCUT2D eigenvalue weighted by atomic mass is 127. The van der Waals surface area contributed by atoms with Crippen LogP contribution in [0.2, 0.25) is 0 Å². The third kappa shape index (κ3) is 10.4. The van der Waals surface area contributed by atoms with Crippen molar-refractivity contribution in [3.05, 3.63) is 0 Å². The first-order valence-electron chi connectivity index (χ1n) is 2.15. The molecular formula is C3Cl3I3O3. The van der Waals surface area contributed by atoms with Crippen LogP contribution in [0, 0.1) is 0 Å². The second-order valence-corrected chi connectivity index (χ2v) is 14.3. The number of halogens is 6. The highest BCUT2D eigenvalue weighted by Gasteiger charge is 2.31. The monoisotopic (exact) mass is 570 g/mol. The molecule has 0 heterocycles. The van der Waals surface area contributed by atoms with Crippen molar-refractivity contribution in [2.45, 2.75) is 3.60 Å². The van der Waals surface area contributed by atoms with Crippen molar-refractivity contribution in [2.24, 2.45) is 0 Å². The maximum atomic E-state index is 10.8. The minimum absolute atomic E-state index is 0.750. The third-order valence-corrected chi connectivity index (χ3v) is 1.29. The standard InChI is InChI=1S/C3Cl3I3O3/c4-2(5,6)11-1(10)12-3(7,8)9. The van der Waals surface area contributed by atoms with Crippen LogP contribution in [0.15, 0.2) is 0 Å². The van der Waals surface area contributed by atoms with Gasteiger partial charge < -0.3 is 9.47 Å². The van der Waals surface area contributed by atoms with Crippen molar-refractivity contribution in [3.63, 3.8) is 0 Å². The maximum Gasteiger partial charge on any atom is 0.514 e. The van der Waals surface area contributed by atoms with E-state index in [4.69, 9.17) is 34.8 Å².